The van der Waals surface area contributed by atoms with Gasteiger partial charge in [0.05, 0.1) is 16.3 Å². The van der Waals surface area contributed by atoms with Gasteiger partial charge in [-0.2, -0.15) is 0 Å². The Kier molecular flexibility index (Phi) is 3.61. The number of carbonyl (C=O) groups excluding carboxylic acids is 1. The number of ether oxygens (including phenoxy) is 1. The quantitative estimate of drug-likeness (QED) is 0.785. The smallest absolute Gasteiger partial charge is 0.410 e. The van der Waals surface area contributed by atoms with Crippen LogP contribution in [-0.2, 0) is 4.74 Å². The summed E-state index contributed by atoms with van der Waals surface area (Å²) in [5.74, 6) is 0. The third kappa shape index (κ3) is 3.02. The fourth-order valence-corrected chi connectivity index (χ4v) is 3.71. The van der Waals surface area contributed by atoms with E-state index in [9.17, 15) is 4.79 Å². The van der Waals surface area contributed by atoms with Gasteiger partial charge in [0, 0.05) is 6.54 Å². The van der Waals surface area contributed by atoms with Crippen molar-refractivity contribution in [1.82, 2.24) is 9.88 Å². The summed E-state index contributed by atoms with van der Waals surface area (Å²) in [6, 6.07) is 8.15. The summed E-state index contributed by atoms with van der Waals surface area (Å²) < 4.78 is 6.68. The van der Waals surface area contributed by atoms with Gasteiger partial charge in [-0.15, -0.1) is 11.3 Å². The predicted octanol–water partition coefficient (Wildman–Crippen LogP) is 4.37. The van der Waals surface area contributed by atoms with E-state index >= 15 is 0 Å². The monoisotopic (exact) mass is 304 g/mol. The van der Waals surface area contributed by atoms with Crippen molar-refractivity contribution in [2.24, 2.45) is 0 Å². The zero-order chi connectivity index (χ0) is 15.0. The van der Waals surface area contributed by atoms with E-state index in [2.05, 4.69) is 6.07 Å². The van der Waals surface area contributed by atoms with Crippen molar-refractivity contribution in [3.05, 3.63) is 29.3 Å². The largest absolute Gasteiger partial charge is 0.444 e. The molecule has 0 spiro atoms. The second kappa shape index (κ2) is 5.30. The molecule has 4 nitrogen and oxygen atoms in total. The first-order valence-electron chi connectivity index (χ1n) is 7.29. The van der Waals surface area contributed by atoms with E-state index in [0.29, 0.717) is 0 Å². The average Bonchev–Trinajstić information content (AvgIpc) is 3.02. The van der Waals surface area contributed by atoms with Crippen LogP contribution in [0.15, 0.2) is 24.3 Å². The Morgan fingerprint density at radius 1 is 1.38 bits per heavy atom. The summed E-state index contributed by atoms with van der Waals surface area (Å²) in [6.07, 6.45) is 1.73. The van der Waals surface area contributed by atoms with Crippen LogP contribution >= 0.6 is 11.3 Å². The zero-order valence-electron chi connectivity index (χ0n) is 12.6. The van der Waals surface area contributed by atoms with Crippen molar-refractivity contribution in [3.63, 3.8) is 0 Å². The number of rotatable bonds is 1. The van der Waals surface area contributed by atoms with Crippen LogP contribution < -0.4 is 0 Å². The minimum atomic E-state index is -0.461. The van der Waals surface area contributed by atoms with Crippen LogP contribution in [0.2, 0.25) is 0 Å². The van der Waals surface area contributed by atoms with E-state index in [-0.39, 0.29) is 12.1 Å². The molecular formula is C16H20N2O2S. The van der Waals surface area contributed by atoms with Crippen LogP contribution in [0.4, 0.5) is 4.79 Å². The molecule has 3 rings (SSSR count). The first-order valence-corrected chi connectivity index (χ1v) is 8.11. The van der Waals surface area contributed by atoms with E-state index in [0.717, 1.165) is 29.9 Å². The zero-order valence-corrected chi connectivity index (χ0v) is 13.4. The lowest BCUT2D eigenvalue weighted by Gasteiger charge is -2.27. The number of aromatic nitrogens is 1. The molecule has 1 amide bonds. The fraction of sp³-hybridized carbons (Fsp3) is 0.500. The van der Waals surface area contributed by atoms with Gasteiger partial charge in [-0.1, -0.05) is 12.1 Å². The van der Waals surface area contributed by atoms with Gasteiger partial charge in [-0.3, -0.25) is 4.90 Å². The minimum Gasteiger partial charge on any atom is -0.444 e. The molecule has 1 aliphatic heterocycles. The van der Waals surface area contributed by atoms with Gasteiger partial charge in [0.1, 0.15) is 10.6 Å². The molecule has 0 bridgehead atoms. The number of hydrogen-bond donors (Lipinski definition) is 0. The molecular weight excluding hydrogens is 284 g/mol. The summed E-state index contributed by atoms with van der Waals surface area (Å²) in [4.78, 5) is 18.9. The van der Waals surface area contributed by atoms with Crippen LogP contribution in [0.1, 0.15) is 44.7 Å². The Morgan fingerprint density at radius 2 is 2.14 bits per heavy atom. The van der Waals surface area contributed by atoms with Crippen molar-refractivity contribution in [3.8, 4) is 0 Å². The highest BCUT2D eigenvalue weighted by molar-refractivity contribution is 7.18. The van der Waals surface area contributed by atoms with E-state index in [4.69, 9.17) is 9.72 Å². The molecule has 1 atom stereocenters. The summed E-state index contributed by atoms with van der Waals surface area (Å²) >= 11 is 1.67. The first-order chi connectivity index (χ1) is 9.94. The highest BCUT2D eigenvalue weighted by atomic mass is 32.1. The van der Waals surface area contributed by atoms with Crippen LogP contribution in [-0.4, -0.2) is 28.1 Å². The van der Waals surface area contributed by atoms with Gasteiger partial charge in [0.25, 0.3) is 0 Å². The molecule has 0 unspecified atom stereocenters. The molecule has 112 valence electrons. The van der Waals surface area contributed by atoms with Gasteiger partial charge in [0.2, 0.25) is 0 Å². The van der Waals surface area contributed by atoms with Crippen molar-refractivity contribution < 1.29 is 9.53 Å². The first kappa shape index (κ1) is 14.3. The summed E-state index contributed by atoms with van der Waals surface area (Å²) in [5.41, 5.74) is 0.547. The van der Waals surface area contributed by atoms with Crippen molar-refractivity contribution >= 4 is 27.6 Å². The van der Waals surface area contributed by atoms with Gasteiger partial charge in [-0.25, -0.2) is 9.78 Å². The number of thiazole rings is 1. The molecule has 21 heavy (non-hydrogen) atoms. The normalized spacial score (nSPS) is 19.2. The van der Waals surface area contributed by atoms with Gasteiger partial charge in [0.15, 0.2) is 0 Å². The lowest BCUT2D eigenvalue weighted by Crippen LogP contribution is -2.36. The van der Waals surface area contributed by atoms with Crippen molar-refractivity contribution in [2.45, 2.75) is 45.3 Å². The van der Waals surface area contributed by atoms with Crippen molar-refractivity contribution in [1.29, 1.82) is 0 Å². The topological polar surface area (TPSA) is 42.4 Å². The number of benzene rings is 1. The second-order valence-electron chi connectivity index (χ2n) is 6.35. The molecule has 0 aliphatic carbocycles. The molecule has 1 aromatic carbocycles. The maximum Gasteiger partial charge on any atom is 0.410 e. The molecule has 0 saturated carbocycles. The maximum absolute atomic E-state index is 12.3. The fourth-order valence-electron chi connectivity index (χ4n) is 2.60. The summed E-state index contributed by atoms with van der Waals surface area (Å²) in [5, 5.41) is 1.01. The van der Waals surface area contributed by atoms with Gasteiger partial charge < -0.3 is 4.74 Å². The SMILES string of the molecule is CC(C)(C)OC(=O)N1CCC[C@H]1c1nc2ccccc2s1. The Balaban J connectivity index is 1.85. The third-order valence-electron chi connectivity index (χ3n) is 3.48. The molecule has 0 N–H and O–H groups in total. The number of para-hydroxylation sites is 1. The molecule has 0 radical (unpaired) electrons. The molecule has 1 aromatic heterocycles. The highest BCUT2D eigenvalue weighted by Gasteiger charge is 2.34. The number of likely N-dealkylation sites (tertiary alicyclic amines) is 1. The Hall–Kier alpha value is -1.62. The Bertz CT molecular complexity index is 627. The predicted molar refractivity (Wildman–Crippen MR) is 84.5 cm³/mol. The molecule has 5 heteroatoms. The third-order valence-corrected chi connectivity index (χ3v) is 4.61. The van der Waals surface area contributed by atoms with E-state index in [1.165, 1.54) is 4.70 Å². The van der Waals surface area contributed by atoms with Crippen molar-refractivity contribution in [2.75, 3.05) is 6.54 Å². The molecule has 1 aliphatic rings. The molecule has 2 aromatic rings. The standard InChI is InChI=1S/C16H20N2O2S/c1-16(2,3)20-15(19)18-10-6-8-12(18)14-17-11-7-4-5-9-13(11)21-14/h4-5,7,9,12H,6,8,10H2,1-3H3/t12-/m0/s1. The van der Waals surface area contributed by atoms with Gasteiger partial charge >= 0.3 is 6.09 Å². The van der Waals surface area contributed by atoms with Gasteiger partial charge in [-0.05, 0) is 45.7 Å². The molecule has 2 heterocycles. The van der Waals surface area contributed by atoms with Crippen LogP contribution in [0.5, 0.6) is 0 Å². The van der Waals surface area contributed by atoms with E-state index in [1.807, 2.05) is 43.9 Å². The average molecular weight is 304 g/mol. The van der Waals surface area contributed by atoms with E-state index < -0.39 is 5.60 Å². The lowest BCUT2D eigenvalue weighted by molar-refractivity contribution is 0.0224. The Morgan fingerprint density at radius 3 is 2.86 bits per heavy atom. The summed E-state index contributed by atoms with van der Waals surface area (Å²) in [6.45, 7) is 6.44. The number of nitrogens with zero attached hydrogens (tertiary/aromatic N) is 2. The highest BCUT2D eigenvalue weighted by Crippen LogP contribution is 2.37. The van der Waals surface area contributed by atoms with Crippen LogP contribution in [0, 0.1) is 0 Å². The molecule has 1 saturated heterocycles. The maximum atomic E-state index is 12.3. The second-order valence-corrected chi connectivity index (χ2v) is 7.41. The lowest BCUT2D eigenvalue weighted by atomic mass is 10.2. The van der Waals surface area contributed by atoms with Crippen LogP contribution in [0.3, 0.4) is 0 Å². The van der Waals surface area contributed by atoms with E-state index in [1.54, 1.807) is 11.3 Å². The summed E-state index contributed by atoms with van der Waals surface area (Å²) in [7, 11) is 0. The minimum absolute atomic E-state index is 0.0530. The number of fused-ring (bicyclic) bond motifs is 1. The number of amides is 1. The Labute approximate surface area is 128 Å². The van der Waals surface area contributed by atoms with Crippen LogP contribution in [0.25, 0.3) is 10.2 Å². The molecule has 1 fully saturated rings. The number of hydrogen-bond acceptors (Lipinski definition) is 4. The number of carbonyl (C=O) groups is 1.